The Balaban J connectivity index is 1.59. The first-order valence-corrected chi connectivity index (χ1v) is 11.5. The van der Waals surface area contributed by atoms with Crippen LogP contribution in [-0.2, 0) is 4.79 Å². The zero-order chi connectivity index (χ0) is 23.4. The molecular formula is C24H22ClN5O2S. The van der Waals surface area contributed by atoms with Crippen LogP contribution in [0.1, 0.15) is 11.1 Å². The number of nitrogens with zero attached hydrogens (tertiary/aromatic N) is 4. The highest BCUT2D eigenvalue weighted by Gasteiger charge is 2.18. The highest BCUT2D eigenvalue weighted by Crippen LogP contribution is 2.30. The van der Waals surface area contributed by atoms with E-state index in [0.717, 1.165) is 22.4 Å². The van der Waals surface area contributed by atoms with Crippen LogP contribution in [0.25, 0.3) is 17.1 Å². The maximum atomic E-state index is 12.6. The zero-order valence-corrected chi connectivity index (χ0v) is 19.9. The van der Waals surface area contributed by atoms with Crippen molar-refractivity contribution in [3.05, 3.63) is 77.1 Å². The molecule has 0 saturated heterocycles. The summed E-state index contributed by atoms with van der Waals surface area (Å²) in [6.45, 7) is 4.10. The Hall–Kier alpha value is -3.36. The maximum absolute atomic E-state index is 12.6. The fourth-order valence-corrected chi connectivity index (χ4v) is 4.44. The highest BCUT2D eigenvalue weighted by atomic mass is 35.5. The molecule has 7 nitrogen and oxygen atoms in total. The molecule has 0 aliphatic heterocycles. The Morgan fingerprint density at radius 1 is 1.06 bits per heavy atom. The number of carbonyl (C=O) groups excluding carboxylic acids is 1. The Morgan fingerprint density at radius 2 is 1.79 bits per heavy atom. The summed E-state index contributed by atoms with van der Waals surface area (Å²) in [6.07, 6.45) is 3.44. The van der Waals surface area contributed by atoms with Crippen molar-refractivity contribution in [1.29, 1.82) is 0 Å². The van der Waals surface area contributed by atoms with Crippen LogP contribution >= 0.6 is 23.4 Å². The lowest BCUT2D eigenvalue weighted by Crippen LogP contribution is -2.14. The molecule has 1 amide bonds. The number of methoxy groups -OCH3 is 1. The number of aryl methyl sites for hydroxylation is 2. The topological polar surface area (TPSA) is 81.9 Å². The molecule has 0 unspecified atom stereocenters. The molecule has 0 aliphatic rings. The second kappa shape index (κ2) is 10.1. The van der Waals surface area contributed by atoms with E-state index < -0.39 is 0 Å². The Morgan fingerprint density at radius 3 is 2.45 bits per heavy atom. The summed E-state index contributed by atoms with van der Waals surface area (Å²) < 4.78 is 7.12. The minimum atomic E-state index is -0.179. The molecule has 0 spiro atoms. The minimum absolute atomic E-state index is 0.156. The summed E-state index contributed by atoms with van der Waals surface area (Å²) >= 11 is 7.47. The van der Waals surface area contributed by atoms with E-state index in [1.165, 1.54) is 11.8 Å². The van der Waals surface area contributed by atoms with Crippen molar-refractivity contribution in [2.45, 2.75) is 19.0 Å². The third-order valence-electron chi connectivity index (χ3n) is 4.80. The molecule has 0 saturated carbocycles. The summed E-state index contributed by atoms with van der Waals surface area (Å²) in [7, 11) is 1.54. The number of hydrogen-bond donors (Lipinski definition) is 1. The van der Waals surface area contributed by atoms with Gasteiger partial charge in [0.05, 0.1) is 23.6 Å². The lowest BCUT2D eigenvalue weighted by Gasteiger charge is -2.12. The molecular weight excluding hydrogens is 458 g/mol. The van der Waals surface area contributed by atoms with Crippen LogP contribution in [0.4, 0.5) is 5.69 Å². The standard InChI is InChI=1S/C24H22ClN5O2S/c1-15-10-16(2)12-19(11-15)30-23(17-6-8-26-9-7-17)28-29-24(30)33-14-22(31)27-18-4-5-21(32-3)20(25)13-18/h4-13H,14H2,1-3H3,(H,27,31). The number of rotatable bonds is 7. The lowest BCUT2D eigenvalue weighted by atomic mass is 10.1. The van der Waals surface area contributed by atoms with Crippen LogP contribution in [0.5, 0.6) is 5.75 Å². The van der Waals surface area contributed by atoms with E-state index in [0.29, 0.717) is 27.4 Å². The van der Waals surface area contributed by atoms with E-state index >= 15 is 0 Å². The van der Waals surface area contributed by atoms with Crippen molar-refractivity contribution < 1.29 is 9.53 Å². The molecule has 33 heavy (non-hydrogen) atoms. The second-order valence-corrected chi connectivity index (χ2v) is 8.76. The normalized spacial score (nSPS) is 10.8. The summed E-state index contributed by atoms with van der Waals surface area (Å²) in [4.78, 5) is 16.7. The number of anilines is 1. The average Bonchev–Trinajstić information content (AvgIpc) is 3.22. The van der Waals surface area contributed by atoms with Crippen molar-refractivity contribution in [3.8, 4) is 22.8 Å². The predicted molar refractivity (Wildman–Crippen MR) is 131 cm³/mol. The van der Waals surface area contributed by atoms with Gasteiger partial charge in [0.15, 0.2) is 11.0 Å². The second-order valence-electron chi connectivity index (χ2n) is 7.41. The van der Waals surface area contributed by atoms with Crippen LogP contribution < -0.4 is 10.1 Å². The predicted octanol–water partition coefficient (Wildman–Crippen LogP) is 5.34. The van der Waals surface area contributed by atoms with Crippen LogP contribution in [0.2, 0.25) is 5.02 Å². The van der Waals surface area contributed by atoms with Gasteiger partial charge >= 0.3 is 0 Å². The number of ether oxygens (including phenoxy) is 1. The van der Waals surface area contributed by atoms with Gasteiger partial charge in [-0.25, -0.2) is 0 Å². The van der Waals surface area contributed by atoms with Crippen molar-refractivity contribution in [2.24, 2.45) is 0 Å². The third-order valence-corrected chi connectivity index (χ3v) is 6.03. The van der Waals surface area contributed by atoms with Crippen LogP contribution in [0.15, 0.2) is 66.1 Å². The van der Waals surface area contributed by atoms with E-state index in [2.05, 4.69) is 38.7 Å². The van der Waals surface area contributed by atoms with Gasteiger partial charge in [0.2, 0.25) is 5.91 Å². The van der Waals surface area contributed by atoms with E-state index in [1.807, 2.05) is 30.5 Å². The molecule has 0 fully saturated rings. The highest BCUT2D eigenvalue weighted by molar-refractivity contribution is 7.99. The van der Waals surface area contributed by atoms with Gasteiger partial charge in [-0.15, -0.1) is 10.2 Å². The number of benzene rings is 2. The van der Waals surface area contributed by atoms with Crippen molar-refractivity contribution in [1.82, 2.24) is 19.7 Å². The first-order valence-electron chi connectivity index (χ1n) is 10.2. The van der Waals surface area contributed by atoms with Gasteiger partial charge in [0.25, 0.3) is 0 Å². The fraction of sp³-hybridized carbons (Fsp3) is 0.167. The molecule has 2 aromatic heterocycles. The number of pyridine rings is 1. The van der Waals surface area contributed by atoms with E-state index in [4.69, 9.17) is 16.3 Å². The molecule has 0 aliphatic carbocycles. The number of carbonyl (C=O) groups is 1. The molecule has 0 bridgehead atoms. The zero-order valence-electron chi connectivity index (χ0n) is 18.4. The average molecular weight is 480 g/mol. The van der Waals surface area contributed by atoms with Crippen molar-refractivity contribution in [2.75, 3.05) is 18.2 Å². The SMILES string of the molecule is COc1ccc(NC(=O)CSc2nnc(-c3ccncc3)n2-c2cc(C)cc(C)c2)cc1Cl. The molecule has 168 valence electrons. The summed E-state index contributed by atoms with van der Waals surface area (Å²) in [6, 6.07) is 15.1. The molecule has 2 heterocycles. The van der Waals surface area contributed by atoms with Gasteiger partial charge in [0.1, 0.15) is 5.75 Å². The number of amides is 1. The maximum Gasteiger partial charge on any atom is 0.234 e. The smallest absolute Gasteiger partial charge is 0.234 e. The van der Waals surface area contributed by atoms with Crippen LogP contribution in [0, 0.1) is 13.8 Å². The Kier molecular flexibility index (Phi) is 6.96. The van der Waals surface area contributed by atoms with Gasteiger partial charge in [0, 0.05) is 23.6 Å². The van der Waals surface area contributed by atoms with Gasteiger partial charge in [-0.2, -0.15) is 0 Å². The fourth-order valence-electron chi connectivity index (χ4n) is 3.44. The molecule has 0 atom stereocenters. The summed E-state index contributed by atoms with van der Waals surface area (Å²) in [5.41, 5.74) is 4.68. The minimum Gasteiger partial charge on any atom is -0.495 e. The largest absolute Gasteiger partial charge is 0.495 e. The molecule has 4 rings (SSSR count). The van der Waals surface area contributed by atoms with Crippen molar-refractivity contribution >= 4 is 35.0 Å². The third kappa shape index (κ3) is 5.35. The van der Waals surface area contributed by atoms with Gasteiger partial charge in [-0.1, -0.05) is 29.4 Å². The van der Waals surface area contributed by atoms with E-state index in [-0.39, 0.29) is 11.7 Å². The number of halogens is 1. The molecule has 4 aromatic rings. The number of thioether (sulfide) groups is 1. The summed E-state index contributed by atoms with van der Waals surface area (Å²) in [5.74, 6) is 1.21. The molecule has 1 N–H and O–H groups in total. The van der Waals surface area contributed by atoms with Gasteiger partial charge in [-0.3, -0.25) is 14.3 Å². The van der Waals surface area contributed by atoms with Crippen molar-refractivity contribution in [3.63, 3.8) is 0 Å². The number of hydrogen-bond acceptors (Lipinski definition) is 6. The van der Waals surface area contributed by atoms with Gasteiger partial charge in [-0.05, 0) is 67.4 Å². The molecule has 0 radical (unpaired) electrons. The Bertz CT molecular complexity index is 1270. The quantitative estimate of drug-likeness (QED) is 0.360. The Labute approximate surface area is 201 Å². The molecule has 9 heteroatoms. The van der Waals surface area contributed by atoms with Crippen LogP contribution in [0.3, 0.4) is 0 Å². The molecule has 2 aromatic carbocycles. The lowest BCUT2D eigenvalue weighted by molar-refractivity contribution is -0.113. The van der Waals surface area contributed by atoms with E-state index in [1.54, 1.807) is 37.7 Å². The number of nitrogens with one attached hydrogen (secondary N) is 1. The first kappa shape index (κ1) is 22.8. The van der Waals surface area contributed by atoms with Gasteiger partial charge < -0.3 is 10.1 Å². The van der Waals surface area contributed by atoms with E-state index in [9.17, 15) is 4.79 Å². The first-order chi connectivity index (χ1) is 15.9. The monoisotopic (exact) mass is 479 g/mol. The van der Waals surface area contributed by atoms with Crippen LogP contribution in [-0.4, -0.2) is 38.5 Å². The summed E-state index contributed by atoms with van der Waals surface area (Å²) in [5, 5.41) is 12.7. The number of aromatic nitrogens is 4.